The van der Waals surface area contributed by atoms with Crippen LogP contribution in [0.25, 0.3) is 11.0 Å². The normalized spacial score (nSPS) is 11.3. The Balaban J connectivity index is 2.18. The van der Waals surface area contributed by atoms with Gasteiger partial charge in [0.2, 0.25) is 0 Å². The second-order valence-corrected chi connectivity index (χ2v) is 6.81. The molecule has 2 heterocycles. The molecule has 0 saturated heterocycles. The first kappa shape index (κ1) is 18.8. The van der Waals surface area contributed by atoms with Gasteiger partial charge in [0.05, 0.1) is 17.7 Å². The lowest BCUT2D eigenvalue weighted by atomic mass is 10.2. The van der Waals surface area contributed by atoms with Gasteiger partial charge in [0, 0.05) is 26.2 Å². The van der Waals surface area contributed by atoms with Crippen molar-refractivity contribution in [1.29, 1.82) is 0 Å². The molecule has 0 aliphatic heterocycles. The molecule has 0 amide bonds. The van der Waals surface area contributed by atoms with Crippen LogP contribution in [0.5, 0.6) is 0 Å². The summed E-state index contributed by atoms with van der Waals surface area (Å²) in [5.41, 5.74) is 0.844. The Hall–Kier alpha value is -3.00. The number of aryl methyl sites for hydroxylation is 2. The Bertz CT molecular complexity index is 1120. The standard InChI is InChI=1S/C19H22FN5O2/c1-12-5-6-14(13(20)9-12)22-15-10-16(26)24(4)18-17(15)19(27)25(11-21-18)8-7-23(2)3/h5-6,9-11,22H,7-8H2,1-4H3. The molecule has 3 aromatic rings. The molecule has 0 unspecified atom stereocenters. The Kier molecular flexibility index (Phi) is 5.09. The fourth-order valence-corrected chi connectivity index (χ4v) is 2.80. The lowest BCUT2D eigenvalue weighted by Gasteiger charge is -2.15. The first-order chi connectivity index (χ1) is 12.8. The number of fused-ring (bicyclic) bond motifs is 1. The summed E-state index contributed by atoms with van der Waals surface area (Å²) in [4.78, 5) is 31.5. The van der Waals surface area contributed by atoms with Crippen molar-refractivity contribution in [2.24, 2.45) is 7.05 Å². The third-order valence-corrected chi connectivity index (χ3v) is 4.39. The van der Waals surface area contributed by atoms with E-state index in [1.54, 1.807) is 26.1 Å². The average molecular weight is 371 g/mol. The number of pyridine rings is 1. The third-order valence-electron chi connectivity index (χ3n) is 4.39. The van der Waals surface area contributed by atoms with Gasteiger partial charge in [0.25, 0.3) is 11.1 Å². The van der Waals surface area contributed by atoms with Crippen LogP contribution in [0.3, 0.4) is 0 Å². The molecule has 0 aliphatic carbocycles. The van der Waals surface area contributed by atoms with Gasteiger partial charge in [-0.3, -0.25) is 18.7 Å². The van der Waals surface area contributed by atoms with Gasteiger partial charge in [-0.15, -0.1) is 0 Å². The molecule has 0 aliphatic rings. The van der Waals surface area contributed by atoms with Crippen LogP contribution in [0.15, 0.2) is 40.2 Å². The first-order valence-corrected chi connectivity index (χ1v) is 8.55. The highest BCUT2D eigenvalue weighted by atomic mass is 19.1. The number of halogens is 1. The molecule has 0 bridgehead atoms. The van der Waals surface area contributed by atoms with E-state index in [-0.39, 0.29) is 33.5 Å². The van der Waals surface area contributed by atoms with Gasteiger partial charge in [0.15, 0.2) is 5.65 Å². The monoisotopic (exact) mass is 371 g/mol. The van der Waals surface area contributed by atoms with Crippen molar-refractivity contribution in [3.05, 3.63) is 62.7 Å². The summed E-state index contributed by atoms with van der Waals surface area (Å²) in [5, 5.41) is 3.14. The summed E-state index contributed by atoms with van der Waals surface area (Å²) in [5.74, 6) is -0.458. The summed E-state index contributed by atoms with van der Waals surface area (Å²) in [6, 6.07) is 6.01. The van der Waals surface area contributed by atoms with Gasteiger partial charge in [-0.05, 0) is 38.7 Å². The highest BCUT2D eigenvalue weighted by Crippen LogP contribution is 2.23. The number of aromatic nitrogens is 3. The van der Waals surface area contributed by atoms with Crippen molar-refractivity contribution in [1.82, 2.24) is 19.0 Å². The van der Waals surface area contributed by atoms with Crippen LogP contribution >= 0.6 is 0 Å². The summed E-state index contributed by atoms with van der Waals surface area (Å²) in [7, 11) is 5.38. The van der Waals surface area contributed by atoms with Crippen LogP contribution < -0.4 is 16.4 Å². The SMILES string of the molecule is Cc1ccc(Nc2cc(=O)n(C)c3ncn(CCN(C)C)c(=O)c23)c(F)c1. The highest BCUT2D eigenvalue weighted by molar-refractivity contribution is 5.90. The number of rotatable bonds is 5. The van der Waals surface area contributed by atoms with Crippen molar-refractivity contribution in [2.45, 2.75) is 13.5 Å². The summed E-state index contributed by atoms with van der Waals surface area (Å²) in [6.45, 7) is 2.90. The Morgan fingerprint density at radius 1 is 1.19 bits per heavy atom. The minimum Gasteiger partial charge on any atom is -0.352 e. The van der Waals surface area contributed by atoms with E-state index in [0.717, 1.165) is 5.56 Å². The molecule has 2 aromatic heterocycles. The van der Waals surface area contributed by atoms with Crippen LogP contribution in [0.2, 0.25) is 0 Å². The topological polar surface area (TPSA) is 72.2 Å². The Morgan fingerprint density at radius 2 is 1.93 bits per heavy atom. The fraction of sp³-hybridized carbons (Fsp3) is 0.316. The van der Waals surface area contributed by atoms with E-state index >= 15 is 0 Å². The zero-order valence-electron chi connectivity index (χ0n) is 15.8. The van der Waals surface area contributed by atoms with Gasteiger partial charge >= 0.3 is 0 Å². The molecule has 8 heteroatoms. The molecule has 0 atom stereocenters. The molecule has 142 valence electrons. The molecular weight excluding hydrogens is 349 g/mol. The van der Waals surface area contributed by atoms with Crippen LogP contribution in [0.1, 0.15) is 5.56 Å². The fourth-order valence-electron chi connectivity index (χ4n) is 2.80. The molecule has 0 radical (unpaired) electrons. The molecule has 1 aromatic carbocycles. The van der Waals surface area contributed by atoms with E-state index in [2.05, 4.69) is 10.3 Å². The molecular formula is C19H22FN5O2. The van der Waals surface area contributed by atoms with Gasteiger partial charge in [-0.1, -0.05) is 6.07 Å². The average Bonchev–Trinajstić information content (AvgIpc) is 2.60. The van der Waals surface area contributed by atoms with Crippen molar-refractivity contribution in [3.8, 4) is 0 Å². The first-order valence-electron chi connectivity index (χ1n) is 8.55. The third kappa shape index (κ3) is 3.75. The quantitative estimate of drug-likeness (QED) is 0.741. The number of hydrogen-bond acceptors (Lipinski definition) is 5. The molecule has 7 nitrogen and oxygen atoms in total. The summed E-state index contributed by atoms with van der Waals surface area (Å²) < 4.78 is 17.1. The van der Waals surface area contributed by atoms with Gasteiger partial charge in [0.1, 0.15) is 11.2 Å². The predicted molar refractivity (Wildman–Crippen MR) is 104 cm³/mol. The number of hydrogen-bond donors (Lipinski definition) is 1. The molecule has 0 spiro atoms. The second-order valence-electron chi connectivity index (χ2n) is 6.81. The van der Waals surface area contributed by atoms with E-state index in [9.17, 15) is 14.0 Å². The maximum atomic E-state index is 14.3. The number of nitrogens with zero attached hydrogens (tertiary/aromatic N) is 4. The van der Waals surface area contributed by atoms with E-state index in [0.29, 0.717) is 13.1 Å². The summed E-state index contributed by atoms with van der Waals surface area (Å²) in [6.07, 6.45) is 1.43. The molecule has 27 heavy (non-hydrogen) atoms. The lowest BCUT2D eigenvalue weighted by Crippen LogP contribution is -2.29. The number of nitrogens with one attached hydrogen (secondary N) is 1. The smallest absolute Gasteiger partial charge is 0.264 e. The molecule has 0 fully saturated rings. The summed E-state index contributed by atoms with van der Waals surface area (Å²) >= 11 is 0. The zero-order chi connectivity index (χ0) is 19.7. The van der Waals surface area contributed by atoms with E-state index in [1.165, 1.54) is 27.6 Å². The van der Waals surface area contributed by atoms with Crippen LogP contribution in [0.4, 0.5) is 15.8 Å². The maximum absolute atomic E-state index is 14.3. The Morgan fingerprint density at radius 3 is 2.59 bits per heavy atom. The van der Waals surface area contributed by atoms with Crippen molar-refractivity contribution < 1.29 is 4.39 Å². The number of benzene rings is 1. The maximum Gasteiger partial charge on any atom is 0.264 e. The van der Waals surface area contributed by atoms with Gasteiger partial charge < -0.3 is 10.2 Å². The van der Waals surface area contributed by atoms with Crippen LogP contribution in [0, 0.1) is 12.7 Å². The van der Waals surface area contributed by atoms with E-state index in [1.807, 2.05) is 19.0 Å². The molecule has 3 rings (SSSR count). The van der Waals surface area contributed by atoms with Crippen LogP contribution in [-0.2, 0) is 13.6 Å². The zero-order valence-corrected chi connectivity index (χ0v) is 15.8. The van der Waals surface area contributed by atoms with Crippen molar-refractivity contribution >= 4 is 22.4 Å². The van der Waals surface area contributed by atoms with E-state index < -0.39 is 5.82 Å². The van der Waals surface area contributed by atoms with E-state index in [4.69, 9.17) is 0 Å². The second kappa shape index (κ2) is 7.32. The lowest BCUT2D eigenvalue weighted by molar-refractivity contribution is 0.380. The van der Waals surface area contributed by atoms with Crippen molar-refractivity contribution in [3.63, 3.8) is 0 Å². The van der Waals surface area contributed by atoms with Gasteiger partial charge in [-0.25, -0.2) is 9.37 Å². The van der Waals surface area contributed by atoms with Crippen LogP contribution in [-0.4, -0.2) is 39.7 Å². The van der Waals surface area contributed by atoms with Crippen molar-refractivity contribution in [2.75, 3.05) is 26.0 Å². The molecule has 1 N–H and O–H groups in total. The minimum atomic E-state index is -0.458. The number of anilines is 2. The molecule has 0 saturated carbocycles. The Labute approximate surface area is 155 Å². The highest BCUT2D eigenvalue weighted by Gasteiger charge is 2.15. The minimum absolute atomic E-state index is 0.193. The predicted octanol–water partition coefficient (Wildman–Crippen LogP) is 1.85. The largest absolute Gasteiger partial charge is 0.352 e. The van der Waals surface area contributed by atoms with Gasteiger partial charge in [-0.2, -0.15) is 0 Å². The number of likely N-dealkylation sites (N-methyl/N-ethyl adjacent to an activating group) is 1.